The fraction of sp³-hybridized carbons (Fsp3) is 0.483. The highest BCUT2D eigenvalue weighted by Crippen LogP contribution is 2.20. The predicted octanol–water partition coefficient (Wildman–Crippen LogP) is 1.47. The molecule has 1 heterocycles. The number of aryl methyl sites for hydroxylation is 1. The number of aliphatic hydroxyl groups is 1. The molecule has 1 aliphatic heterocycles. The van der Waals surface area contributed by atoms with Crippen molar-refractivity contribution in [3.63, 3.8) is 0 Å². The maximum Gasteiger partial charge on any atom is 0.244 e. The van der Waals surface area contributed by atoms with Gasteiger partial charge in [0.25, 0.3) is 0 Å². The SMILES string of the molecule is CC(C)[C@H]1NC(=O)[C@@H](Cc2cccc(F)c2)N[C@@H](C)COc2ccccc2CCCNC(=O)[C@H](CO)NC1=O. The standard InChI is InChI=1S/C29H39FN4O5/c1-18(2)26-29(38)33-24(16-35)27(36)31-13-7-10-21-9-4-5-12-25(21)39-17-19(3)32-23(28(37)34-26)15-20-8-6-11-22(30)14-20/h4-6,8-9,11-12,14,18-19,23-24,26,32,35H,7,10,13,15-17H2,1-3H3,(H,31,36)(H,33,38)(H,34,37)/t19-,23+,24-,26+/m0/s1. The van der Waals surface area contributed by atoms with Crippen LogP contribution >= 0.6 is 0 Å². The van der Waals surface area contributed by atoms with Crippen molar-refractivity contribution in [2.45, 2.75) is 64.2 Å². The molecule has 1 aliphatic rings. The van der Waals surface area contributed by atoms with Crippen LogP contribution in [-0.4, -0.2) is 66.8 Å². The van der Waals surface area contributed by atoms with E-state index in [0.29, 0.717) is 30.7 Å². The average molecular weight is 543 g/mol. The summed E-state index contributed by atoms with van der Waals surface area (Å²) in [7, 11) is 0. The lowest BCUT2D eigenvalue weighted by Crippen LogP contribution is -2.59. The third-order valence-electron chi connectivity index (χ3n) is 6.58. The van der Waals surface area contributed by atoms with Gasteiger partial charge in [-0.1, -0.05) is 44.2 Å². The van der Waals surface area contributed by atoms with Gasteiger partial charge in [0.1, 0.15) is 30.3 Å². The number of nitrogens with one attached hydrogen (secondary N) is 4. The first-order chi connectivity index (χ1) is 18.7. The highest BCUT2D eigenvalue weighted by molar-refractivity contribution is 5.93. The van der Waals surface area contributed by atoms with Gasteiger partial charge in [0.05, 0.1) is 12.6 Å². The van der Waals surface area contributed by atoms with Crippen LogP contribution in [0.4, 0.5) is 4.39 Å². The molecule has 0 spiro atoms. The number of halogens is 1. The molecule has 0 saturated heterocycles. The second-order valence-corrected chi connectivity index (χ2v) is 10.2. The molecule has 2 aromatic rings. The van der Waals surface area contributed by atoms with Gasteiger partial charge in [0.2, 0.25) is 17.7 Å². The van der Waals surface area contributed by atoms with Gasteiger partial charge in [-0.15, -0.1) is 0 Å². The Labute approximate surface area is 228 Å². The Hall–Kier alpha value is -3.50. The minimum Gasteiger partial charge on any atom is -0.492 e. The highest BCUT2D eigenvalue weighted by Gasteiger charge is 2.31. The van der Waals surface area contributed by atoms with E-state index < -0.39 is 48.3 Å². The number of aliphatic hydroxyl groups excluding tert-OH is 1. The largest absolute Gasteiger partial charge is 0.492 e. The van der Waals surface area contributed by atoms with E-state index in [2.05, 4.69) is 21.3 Å². The molecule has 0 aromatic heterocycles. The Morgan fingerprint density at radius 3 is 2.49 bits per heavy atom. The van der Waals surface area contributed by atoms with Crippen LogP contribution in [0.5, 0.6) is 5.75 Å². The number of carbonyl (C=O) groups is 3. The summed E-state index contributed by atoms with van der Waals surface area (Å²) in [6.07, 6.45) is 1.46. The van der Waals surface area contributed by atoms with Gasteiger partial charge in [-0.05, 0) is 61.4 Å². The molecular formula is C29H39FN4O5. The number of para-hydroxylation sites is 1. The zero-order valence-electron chi connectivity index (χ0n) is 22.7. The number of hydrogen-bond donors (Lipinski definition) is 5. The molecule has 3 rings (SSSR count). The summed E-state index contributed by atoms with van der Waals surface area (Å²) in [5.41, 5.74) is 1.59. The fourth-order valence-electron chi connectivity index (χ4n) is 4.44. The van der Waals surface area contributed by atoms with Crippen molar-refractivity contribution < 1.29 is 28.6 Å². The maximum atomic E-state index is 13.9. The van der Waals surface area contributed by atoms with Crippen molar-refractivity contribution >= 4 is 17.7 Å². The summed E-state index contributed by atoms with van der Waals surface area (Å²) in [5.74, 6) is -1.55. The Kier molecular flexibility index (Phi) is 11.2. The lowest BCUT2D eigenvalue weighted by Gasteiger charge is -2.28. The number of benzene rings is 2. The Balaban J connectivity index is 1.89. The molecule has 5 N–H and O–H groups in total. The van der Waals surface area contributed by atoms with Gasteiger partial charge in [-0.3, -0.25) is 19.7 Å². The van der Waals surface area contributed by atoms with Crippen LogP contribution in [0.25, 0.3) is 0 Å². The predicted molar refractivity (Wildman–Crippen MR) is 146 cm³/mol. The zero-order valence-corrected chi connectivity index (χ0v) is 22.7. The normalized spacial score (nSPS) is 23.9. The second kappa shape index (κ2) is 14.6. The first-order valence-electron chi connectivity index (χ1n) is 13.4. The average Bonchev–Trinajstić information content (AvgIpc) is 2.90. The van der Waals surface area contributed by atoms with E-state index in [1.165, 1.54) is 12.1 Å². The summed E-state index contributed by atoms with van der Waals surface area (Å²) < 4.78 is 20.0. The molecule has 39 heavy (non-hydrogen) atoms. The first kappa shape index (κ1) is 30.0. The van der Waals surface area contributed by atoms with Crippen molar-refractivity contribution in [3.05, 3.63) is 65.5 Å². The quantitative estimate of drug-likeness (QED) is 0.398. The van der Waals surface area contributed by atoms with E-state index in [9.17, 15) is 23.9 Å². The first-order valence-corrected chi connectivity index (χ1v) is 13.4. The van der Waals surface area contributed by atoms with Crippen molar-refractivity contribution in [1.82, 2.24) is 21.3 Å². The van der Waals surface area contributed by atoms with Crippen molar-refractivity contribution in [2.75, 3.05) is 19.8 Å². The van der Waals surface area contributed by atoms with E-state index in [-0.39, 0.29) is 25.0 Å². The molecule has 2 aromatic carbocycles. The second-order valence-electron chi connectivity index (χ2n) is 10.2. The summed E-state index contributed by atoms with van der Waals surface area (Å²) in [6, 6.07) is 10.5. The number of ether oxygens (including phenoxy) is 1. The number of carbonyl (C=O) groups excluding carboxylic acids is 3. The summed E-state index contributed by atoms with van der Waals surface area (Å²) in [6.45, 7) is 5.46. The van der Waals surface area contributed by atoms with Gasteiger partial charge < -0.3 is 25.8 Å². The van der Waals surface area contributed by atoms with Gasteiger partial charge in [-0.2, -0.15) is 0 Å². The number of hydrogen-bond acceptors (Lipinski definition) is 6. The van der Waals surface area contributed by atoms with Crippen LogP contribution in [0, 0.1) is 11.7 Å². The van der Waals surface area contributed by atoms with Crippen LogP contribution in [0.15, 0.2) is 48.5 Å². The zero-order chi connectivity index (χ0) is 28.4. The minimum atomic E-state index is -1.16. The highest BCUT2D eigenvalue weighted by atomic mass is 19.1. The Morgan fingerprint density at radius 2 is 1.77 bits per heavy atom. The van der Waals surface area contributed by atoms with E-state index in [1.54, 1.807) is 26.0 Å². The minimum absolute atomic E-state index is 0.179. The van der Waals surface area contributed by atoms with E-state index in [1.807, 2.05) is 31.2 Å². The number of rotatable bonds is 4. The van der Waals surface area contributed by atoms with Crippen molar-refractivity contribution in [1.29, 1.82) is 0 Å². The maximum absolute atomic E-state index is 13.9. The van der Waals surface area contributed by atoms with Crippen LogP contribution < -0.4 is 26.0 Å². The molecule has 0 bridgehead atoms. The molecule has 0 aliphatic carbocycles. The van der Waals surface area contributed by atoms with Crippen LogP contribution in [-0.2, 0) is 27.2 Å². The molecule has 3 amide bonds. The summed E-state index contributed by atoms with van der Waals surface area (Å²) in [4.78, 5) is 39.3. The lowest BCUT2D eigenvalue weighted by atomic mass is 10.00. The van der Waals surface area contributed by atoms with E-state index in [0.717, 1.165) is 5.56 Å². The molecule has 0 radical (unpaired) electrons. The van der Waals surface area contributed by atoms with Crippen molar-refractivity contribution in [3.8, 4) is 5.75 Å². The molecule has 212 valence electrons. The van der Waals surface area contributed by atoms with Crippen LogP contribution in [0.1, 0.15) is 38.3 Å². The van der Waals surface area contributed by atoms with Crippen molar-refractivity contribution in [2.24, 2.45) is 5.92 Å². The Bertz CT molecular complexity index is 1130. The molecular weight excluding hydrogens is 503 g/mol. The third-order valence-corrected chi connectivity index (χ3v) is 6.58. The van der Waals surface area contributed by atoms with Gasteiger partial charge in [0, 0.05) is 12.6 Å². The van der Waals surface area contributed by atoms with Crippen LogP contribution in [0.2, 0.25) is 0 Å². The van der Waals surface area contributed by atoms with Gasteiger partial charge in [0.15, 0.2) is 0 Å². The number of fused-ring (bicyclic) bond motifs is 1. The smallest absolute Gasteiger partial charge is 0.244 e. The molecule has 9 nitrogen and oxygen atoms in total. The molecule has 0 fully saturated rings. The van der Waals surface area contributed by atoms with Gasteiger partial charge >= 0.3 is 0 Å². The number of amides is 3. The Morgan fingerprint density at radius 1 is 1.00 bits per heavy atom. The molecule has 10 heteroatoms. The molecule has 4 atom stereocenters. The summed E-state index contributed by atoms with van der Waals surface area (Å²) in [5, 5.41) is 21.2. The molecule has 0 saturated carbocycles. The molecule has 0 unspecified atom stereocenters. The third kappa shape index (κ3) is 9.04. The lowest BCUT2D eigenvalue weighted by molar-refractivity contribution is -0.134. The van der Waals surface area contributed by atoms with Gasteiger partial charge in [-0.25, -0.2) is 4.39 Å². The summed E-state index contributed by atoms with van der Waals surface area (Å²) >= 11 is 0. The topological polar surface area (TPSA) is 129 Å². The van der Waals surface area contributed by atoms with E-state index >= 15 is 0 Å². The van der Waals surface area contributed by atoms with Crippen LogP contribution in [0.3, 0.4) is 0 Å². The monoisotopic (exact) mass is 542 g/mol. The van der Waals surface area contributed by atoms with E-state index in [4.69, 9.17) is 4.74 Å². The fourth-order valence-corrected chi connectivity index (χ4v) is 4.44.